The normalized spacial score (nSPS) is 21.4. The highest BCUT2D eigenvalue weighted by atomic mass is 35.5. The predicted octanol–water partition coefficient (Wildman–Crippen LogP) is 7.93. The third-order valence-corrected chi connectivity index (χ3v) is 8.52. The molecule has 2 aliphatic carbocycles. The van der Waals surface area contributed by atoms with Crippen molar-refractivity contribution < 1.29 is 14.3 Å². The number of ether oxygens (including phenoxy) is 1. The zero-order valence-electron chi connectivity index (χ0n) is 20.2. The van der Waals surface area contributed by atoms with Crippen molar-refractivity contribution in [3.8, 4) is 0 Å². The van der Waals surface area contributed by atoms with E-state index in [4.69, 9.17) is 16.3 Å². The quantitative estimate of drug-likeness (QED) is 0.423. The molecule has 34 heavy (non-hydrogen) atoms. The molecule has 0 bridgehead atoms. The van der Waals surface area contributed by atoms with Gasteiger partial charge in [0.2, 0.25) is 5.91 Å². The van der Waals surface area contributed by atoms with Gasteiger partial charge in [-0.3, -0.25) is 4.79 Å². The minimum atomic E-state index is -0.301. The third-order valence-electron chi connectivity index (χ3n) is 7.06. The van der Waals surface area contributed by atoms with Crippen LogP contribution in [0.3, 0.4) is 0 Å². The minimum absolute atomic E-state index is 0.000692. The van der Waals surface area contributed by atoms with Crippen molar-refractivity contribution in [1.82, 2.24) is 0 Å². The van der Waals surface area contributed by atoms with Gasteiger partial charge in [-0.05, 0) is 68.2 Å². The van der Waals surface area contributed by atoms with Gasteiger partial charge in [-0.1, -0.05) is 68.7 Å². The Morgan fingerprint density at radius 3 is 2.24 bits per heavy atom. The summed E-state index contributed by atoms with van der Waals surface area (Å²) in [6.45, 7) is 2.16. The van der Waals surface area contributed by atoms with Crippen LogP contribution >= 0.6 is 22.9 Å². The van der Waals surface area contributed by atoms with Crippen molar-refractivity contribution in [2.75, 3.05) is 11.9 Å². The lowest BCUT2D eigenvalue weighted by molar-refractivity contribution is -0.117. The molecule has 0 radical (unpaired) electrons. The highest BCUT2D eigenvalue weighted by Gasteiger charge is 2.44. The van der Waals surface area contributed by atoms with E-state index in [1.165, 1.54) is 49.8 Å². The summed E-state index contributed by atoms with van der Waals surface area (Å²) in [7, 11) is 0. The molecule has 2 aliphatic rings. The van der Waals surface area contributed by atoms with E-state index in [2.05, 4.69) is 5.32 Å². The maximum absolute atomic E-state index is 13.2. The number of fused-ring (bicyclic) bond motifs is 1. The lowest BCUT2D eigenvalue weighted by Crippen LogP contribution is -2.17. The first-order chi connectivity index (χ1) is 16.6. The van der Waals surface area contributed by atoms with Gasteiger partial charge < -0.3 is 10.1 Å². The van der Waals surface area contributed by atoms with Crippen LogP contribution in [0.25, 0.3) is 0 Å². The average molecular weight is 502 g/mol. The summed E-state index contributed by atoms with van der Waals surface area (Å²) in [6, 6.07) is 7.75. The molecule has 1 heterocycles. The molecule has 4 rings (SSSR count). The number of anilines is 1. The molecule has 0 saturated heterocycles. The van der Waals surface area contributed by atoms with Crippen molar-refractivity contribution in [2.24, 2.45) is 5.92 Å². The number of carbonyl (C=O) groups excluding carboxylic acids is 2. The number of benzene rings is 1. The number of rotatable bonds is 5. The fraction of sp³-hybridized carbons (Fsp3) is 0.571. The maximum Gasteiger partial charge on any atom is 0.341 e. The molecule has 2 aromatic rings. The van der Waals surface area contributed by atoms with Gasteiger partial charge in [-0.25, -0.2) is 4.79 Å². The Morgan fingerprint density at radius 2 is 1.59 bits per heavy atom. The monoisotopic (exact) mass is 501 g/mol. The number of carbonyl (C=O) groups is 2. The Labute approximate surface area is 212 Å². The molecule has 1 fully saturated rings. The molecule has 6 heteroatoms. The lowest BCUT2D eigenvalue weighted by atomic mass is 10.00. The van der Waals surface area contributed by atoms with Crippen molar-refractivity contribution in [3.05, 3.63) is 50.9 Å². The van der Waals surface area contributed by atoms with Crippen LogP contribution in [0.1, 0.15) is 103 Å². The first kappa shape index (κ1) is 25.2. The highest BCUT2D eigenvalue weighted by Crippen LogP contribution is 2.49. The predicted molar refractivity (Wildman–Crippen MR) is 140 cm³/mol. The van der Waals surface area contributed by atoms with Gasteiger partial charge in [0, 0.05) is 15.8 Å². The Morgan fingerprint density at radius 1 is 0.971 bits per heavy atom. The number of thiophene rings is 1. The van der Waals surface area contributed by atoms with Crippen LogP contribution < -0.4 is 5.32 Å². The Bertz CT molecular complexity index is 984. The Kier molecular flexibility index (Phi) is 9.07. The van der Waals surface area contributed by atoms with Crippen molar-refractivity contribution >= 4 is 39.8 Å². The minimum Gasteiger partial charge on any atom is -0.462 e. The van der Waals surface area contributed by atoms with Gasteiger partial charge in [0.1, 0.15) is 5.00 Å². The number of nitrogens with one attached hydrogen (secondary N) is 1. The molecule has 0 aliphatic heterocycles. The van der Waals surface area contributed by atoms with E-state index in [-0.39, 0.29) is 23.7 Å². The van der Waals surface area contributed by atoms with E-state index < -0.39 is 0 Å². The van der Waals surface area contributed by atoms with E-state index >= 15 is 0 Å². The van der Waals surface area contributed by atoms with Crippen LogP contribution in [0, 0.1) is 5.92 Å². The van der Waals surface area contributed by atoms with Crippen LogP contribution in [0.4, 0.5) is 5.00 Å². The van der Waals surface area contributed by atoms with Crippen molar-refractivity contribution in [2.45, 2.75) is 89.9 Å². The number of hydrogen-bond acceptors (Lipinski definition) is 4. The smallest absolute Gasteiger partial charge is 0.341 e. The number of hydrogen-bond donors (Lipinski definition) is 1. The first-order valence-corrected chi connectivity index (χ1v) is 14.2. The van der Waals surface area contributed by atoms with Crippen LogP contribution in [-0.4, -0.2) is 18.5 Å². The standard InChI is InChI=1S/C28H36ClNO3S/c1-2-33-28(32)25-21-12-10-8-6-4-3-5-7-9-11-13-24(21)34-27(25)30-26(31)23-18-22(23)19-14-16-20(29)17-15-19/h14-17,22-23H,2-13,18H2,1H3,(H,30,31)/t22-,23+/m1/s1. The molecule has 1 aromatic heterocycles. The lowest BCUT2D eigenvalue weighted by Gasteiger charge is -2.10. The Balaban J connectivity index is 1.54. The van der Waals surface area contributed by atoms with E-state index in [1.54, 1.807) is 11.3 Å². The summed E-state index contributed by atoms with van der Waals surface area (Å²) >= 11 is 7.61. The summed E-state index contributed by atoms with van der Waals surface area (Å²) in [5.41, 5.74) is 2.86. The molecular weight excluding hydrogens is 466 g/mol. The molecule has 1 amide bonds. The summed E-state index contributed by atoms with van der Waals surface area (Å²) in [6.07, 6.45) is 13.8. The van der Waals surface area contributed by atoms with Gasteiger partial charge in [0.05, 0.1) is 12.2 Å². The van der Waals surface area contributed by atoms with E-state index in [0.29, 0.717) is 22.2 Å². The summed E-state index contributed by atoms with van der Waals surface area (Å²) < 4.78 is 5.45. The molecule has 0 spiro atoms. The number of halogens is 1. The summed E-state index contributed by atoms with van der Waals surface area (Å²) in [5, 5.41) is 4.53. The van der Waals surface area contributed by atoms with E-state index in [0.717, 1.165) is 43.2 Å². The van der Waals surface area contributed by atoms with Gasteiger partial charge in [-0.15, -0.1) is 11.3 Å². The summed E-state index contributed by atoms with van der Waals surface area (Å²) in [5.74, 6) is -0.153. The zero-order valence-corrected chi connectivity index (χ0v) is 21.7. The largest absolute Gasteiger partial charge is 0.462 e. The Hall–Kier alpha value is -1.85. The molecule has 2 atom stereocenters. The van der Waals surface area contributed by atoms with Crippen molar-refractivity contribution in [1.29, 1.82) is 0 Å². The molecule has 0 unspecified atom stereocenters. The van der Waals surface area contributed by atoms with Gasteiger partial charge in [0.15, 0.2) is 0 Å². The fourth-order valence-electron chi connectivity index (χ4n) is 5.08. The molecule has 184 valence electrons. The highest BCUT2D eigenvalue weighted by molar-refractivity contribution is 7.17. The molecule has 1 aromatic carbocycles. The maximum atomic E-state index is 13.2. The molecular formula is C28H36ClNO3S. The fourth-order valence-corrected chi connectivity index (χ4v) is 6.48. The second-order valence-corrected chi connectivity index (χ2v) is 11.1. The van der Waals surface area contributed by atoms with Crippen molar-refractivity contribution in [3.63, 3.8) is 0 Å². The third kappa shape index (κ3) is 6.42. The first-order valence-electron chi connectivity index (χ1n) is 13.0. The van der Waals surface area contributed by atoms with E-state index in [1.807, 2.05) is 31.2 Å². The average Bonchev–Trinajstić information content (AvgIpc) is 3.54. The van der Waals surface area contributed by atoms with E-state index in [9.17, 15) is 9.59 Å². The topological polar surface area (TPSA) is 55.4 Å². The second-order valence-electron chi connectivity index (χ2n) is 9.60. The van der Waals surface area contributed by atoms with Gasteiger partial charge in [0.25, 0.3) is 0 Å². The van der Waals surface area contributed by atoms with Crippen LogP contribution in [0.15, 0.2) is 24.3 Å². The summed E-state index contributed by atoms with van der Waals surface area (Å²) in [4.78, 5) is 27.4. The second kappa shape index (κ2) is 12.2. The van der Waals surface area contributed by atoms with Crippen LogP contribution in [-0.2, 0) is 22.4 Å². The van der Waals surface area contributed by atoms with Gasteiger partial charge in [-0.2, -0.15) is 0 Å². The zero-order chi connectivity index (χ0) is 23.9. The SMILES string of the molecule is CCOC(=O)c1c(NC(=O)[C@H]2C[C@@H]2c2ccc(Cl)cc2)sc2c1CCCCCCCCCCC2. The van der Waals surface area contributed by atoms with Crippen LogP contribution in [0.5, 0.6) is 0 Å². The number of aryl methyl sites for hydroxylation is 1. The molecule has 4 nitrogen and oxygen atoms in total. The number of amides is 1. The van der Waals surface area contributed by atoms with Crippen LogP contribution in [0.2, 0.25) is 5.02 Å². The molecule has 1 N–H and O–H groups in total. The number of esters is 1. The molecule has 1 saturated carbocycles. The van der Waals surface area contributed by atoms with Gasteiger partial charge >= 0.3 is 5.97 Å².